The number of fused-ring (bicyclic) bond motifs is 1. The van der Waals surface area contributed by atoms with Crippen LogP contribution in [0, 0.1) is 11.8 Å². The van der Waals surface area contributed by atoms with Gasteiger partial charge in [-0.05, 0) is 56.9 Å². The van der Waals surface area contributed by atoms with Crippen LogP contribution in [0.5, 0.6) is 0 Å². The Morgan fingerprint density at radius 1 is 1.12 bits per heavy atom. The van der Waals surface area contributed by atoms with E-state index >= 15 is 0 Å². The fourth-order valence-corrected chi connectivity index (χ4v) is 5.58. The van der Waals surface area contributed by atoms with Gasteiger partial charge in [0.2, 0.25) is 5.91 Å². The first-order valence-electron chi connectivity index (χ1n) is 12.4. The third-order valence-corrected chi connectivity index (χ3v) is 7.20. The summed E-state index contributed by atoms with van der Waals surface area (Å²) >= 11 is 0. The van der Waals surface area contributed by atoms with Crippen LogP contribution in [0.15, 0.2) is 30.3 Å². The Balaban J connectivity index is 1.67. The molecule has 2 saturated carbocycles. The molecule has 2 aliphatic rings. The number of carbonyl (C=O) groups is 3. The molecule has 0 unspecified atom stereocenters. The molecular formula is C26H38N2O5. The highest BCUT2D eigenvalue weighted by Gasteiger charge is 2.41. The number of aryl methyl sites for hydroxylation is 1. The van der Waals surface area contributed by atoms with Crippen LogP contribution in [0.1, 0.15) is 64.4 Å². The topological polar surface area (TPSA) is 95.9 Å². The summed E-state index contributed by atoms with van der Waals surface area (Å²) in [4.78, 5) is 39.1. The standard InChI is InChI=1S/C26H38N2O5/c1-3-33-26(32)23(14-13-19-9-5-4-6-10-19)27-18(2)25(31)28(17-24(29)30)22-15-20-11-7-8-12-21(20)16-22/h4-6,9-10,18,20-23,27H,3,7-8,11-17H2,1-2H3,(H,29,30)/t18-,20+,21+,23-/m0/s1. The third kappa shape index (κ3) is 7.03. The minimum absolute atomic E-state index is 0.0451. The van der Waals surface area contributed by atoms with Crippen molar-refractivity contribution < 1.29 is 24.2 Å². The van der Waals surface area contributed by atoms with E-state index < -0.39 is 18.1 Å². The van der Waals surface area contributed by atoms with Crippen molar-refractivity contribution in [2.24, 2.45) is 11.8 Å². The highest BCUT2D eigenvalue weighted by molar-refractivity contribution is 5.86. The second kappa shape index (κ2) is 12.2. The first kappa shape index (κ1) is 25.2. The lowest BCUT2D eigenvalue weighted by atomic mass is 9.82. The quantitative estimate of drug-likeness (QED) is 0.494. The lowest BCUT2D eigenvalue weighted by molar-refractivity contribution is -0.149. The van der Waals surface area contributed by atoms with E-state index in [9.17, 15) is 19.5 Å². The minimum atomic E-state index is -1.00. The molecule has 182 valence electrons. The lowest BCUT2D eigenvalue weighted by Gasteiger charge is -2.32. The Labute approximate surface area is 196 Å². The van der Waals surface area contributed by atoms with Crippen molar-refractivity contribution in [1.29, 1.82) is 0 Å². The molecule has 2 fully saturated rings. The molecule has 7 heteroatoms. The lowest BCUT2D eigenvalue weighted by Crippen LogP contribution is -2.54. The summed E-state index contributed by atoms with van der Waals surface area (Å²) in [7, 11) is 0. The SMILES string of the molecule is CCOC(=O)[C@H](CCc1ccccc1)N[C@@H](C)C(=O)N(CC(=O)O)C1C[C@H]2CCCC[C@@H]2C1. The van der Waals surface area contributed by atoms with Gasteiger partial charge in [-0.25, -0.2) is 0 Å². The Kier molecular flexibility index (Phi) is 9.30. The van der Waals surface area contributed by atoms with E-state index in [-0.39, 0.29) is 31.1 Å². The van der Waals surface area contributed by atoms with E-state index in [4.69, 9.17) is 4.74 Å². The van der Waals surface area contributed by atoms with Gasteiger partial charge in [-0.15, -0.1) is 0 Å². The van der Waals surface area contributed by atoms with Gasteiger partial charge >= 0.3 is 11.9 Å². The van der Waals surface area contributed by atoms with Crippen LogP contribution in [0.2, 0.25) is 0 Å². The second-order valence-corrected chi connectivity index (χ2v) is 9.51. The van der Waals surface area contributed by atoms with Crippen molar-refractivity contribution in [3.05, 3.63) is 35.9 Å². The number of amides is 1. The molecule has 0 aliphatic heterocycles. The van der Waals surface area contributed by atoms with Gasteiger partial charge in [0.15, 0.2) is 0 Å². The number of nitrogens with zero attached hydrogens (tertiary/aromatic N) is 1. The van der Waals surface area contributed by atoms with E-state index in [1.807, 2.05) is 30.3 Å². The minimum Gasteiger partial charge on any atom is -0.480 e. The van der Waals surface area contributed by atoms with Gasteiger partial charge in [0.1, 0.15) is 12.6 Å². The number of hydrogen-bond acceptors (Lipinski definition) is 5. The molecule has 3 rings (SSSR count). The van der Waals surface area contributed by atoms with Crippen LogP contribution < -0.4 is 5.32 Å². The molecule has 2 aliphatic carbocycles. The predicted molar refractivity (Wildman–Crippen MR) is 126 cm³/mol. The van der Waals surface area contributed by atoms with Gasteiger partial charge in [0.05, 0.1) is 12.6 Å². The highest BCUT2D eigenvalue weighted by atomic mass is 16.5. The van der Waals surface area contributed by atoms with Crippen molar-refractivity contribution >= 4 is 17.8 Å². The summed E-state index contributed by atoms with van der Waals surface area (Å²) in [6.07, 6.45) is 7.72. The molecule has 2 N–H and O–H groups in total. The van der Waals surface area contributed by atoms with Crippen LogP contribution in [-0.2, 0) is 25.5 Å². The van der Waals surface area contributed by atoms with Crippen LogP contribution in [0.4, 0.5) is 0 Å². The average Bonchev–Trinajstić information content (AvgIpc) is 3.24. The average molecular weight is 459 g/mol. The monoisotopic (exact) mass is 458 g/mol. The summed E-state index contributed by atoms with van der Waals surface area (Å²) in [5.41, 5.74) is 1.11. The van der Waals surface area contributed by atoms with E-state index in [2.05, 4.69) is 5.32 Å². The molecule has 7 nitrogen and oxygen atoms in total. The summed E-state index contributed by atoms with van der Waals surface area (Å²) in [5, 5.41) is 12.6. The van der Waals surface area contributed by atoms with Crippen molar-refractivity contribution in [3.8, 4) is 0 Å². The Hall–Kier alpha value is -2.41. The number of carboxylic acids is 1. The number of benzene rings is 1. The van der Waals surface area contributed by atoms with Gasteiger partial charge in [0, 0.05) is 6.04 Å². The fourth-order valence-electron chi connectivity index (χ4n) is 5.58. The largest absolute Gasteiger partial charge is 0.480 e. The van der Waals surface area contributed by atoms with Crippen molar-refractivity contribution in [1.82, 2.24) is 10.2 Å². The molecule has 0 radical (unpaired) electrons. The molecule has 0 heterocycles. The summed E-state index contributed by atoms with van der Waals surface area (Å²) < 4.78 is 5.24. The number of ether oxygens (including phenoxy) is 1. The maximum absolute atomic E-state index is 13.4. The Morgan fingerprint density at radius 3 is 2.33 bits per heavy atom. The van der Waals surface area contributed by atoms with E-state index in [0.29, 0.717) is 24.7 Å². The third-order valence-electron chi connectivity index (χ3n) is 7.20. The number of carboxylic acid groups (broad SMARTS) is 1. The zero-order chi connectivity index (χ0) is 23.8. The summed E-state index contributed by atoms with van der Waals surface area (Å²) in [5.74, 6) is -0.459. The number of esters is 1. The number of rotatable bonds is 11. The van der Waals surface area contributed by atoms with Crippen LogP contribution in [0.25, 0.3) is 0 Å². The molecule has 0 spiro atoms. The van der Waals surface area contributed by atoms with Gasteiger partial charge in [-0.3, -0.25) is 19.7 Å². The van der Waals surface area contributed by atoms with E-state index in [1.54, 1.807) is 13.8 Å². The smallest absolute Gasteiger partial charge is 0.323 e. The number of carbonyl (C=O) groups excluding carboxylic acids is 2. The van der Waals surface area contributed by atoms with Gasteiger partial charge < -0.3 is 14.7 Å². The Bertz CT molecular complexity index is 785. The number of aliphatic carboxylic acids is 1. The second-order valence-electron chi connectivity index (χ2n) is 9.51. The molecule has 0 aromatic heterocycles. The zero-order valence-electron chi connectivity index (χ0n) is 19.9. The predicted octanol–water partition coefficient (Wildman–Crippen LogP) is 3.41. The fraction of sp³-hybridized carbons (Fsp3) is 0.654. The van der Waals surface area contributed by atoms with Gasteiger partial charge in [-0.1, -0.05) is 56.0 Å². The zero-order valence-corrected chi connectivity index (χ0v) is 19.9. The molecule has 1 aromatic carbocycles. The van der Waals surface area contributed by atoms with Crippen LogP contribution >= 0.6 is 0 Å². The van der Waals surface area contributed by atoms with Gasteiger partial charge in [0.25, 0.3) is 0 Å². The van der Waals surface area contributed by atoms with Crippen molar-refractivity contribution in [2.45, 2.75) is 83.3 Å². The highest BCUT2D eigenvalue weighted by Crippen LogP contribution is 2.44. The molecule has 1 aromatic rings. The number of nitrogens with one attached hydrogen (secondary N) is 1. The van der Waals surface area contributed by atoms with E-state index in [0.717, 1.165) is 18.4 Å². The van der Waals surface area contributed by atoms with E-state index in [1.165, 1.54) is 30.6 Å². The first-order chi connectivity index (χ1) is 15.9. The first-order valence-corrected chi connectivity index (χ1v) is 12.4. The maximum Gasteiger partial charge on any atom is 0.323 e. The van der Waals surface area contributed by atoms with Crippen LogP contribution in [0.3, 0.4) is 0 Å². The Morgan fingerprint density at radius 2 is 1.76 bits per heavy atom. The molecule has 0 bridgehead atoms. The summed E-state index contributed by atoms with van der Waals surface area (Å²) in [6, 6.07) is 8.50. The summed E-state index contributed by atoms with van der Waals surface area (Å²) in [6.45, 7) is 3.44. The molecular weight excluding hydrogens is 420 g/mol. The molecule has 1 amide bonds. The molecule has 0 saturated heterocycles. The van der Waals surface area contributed by atoms with Crippen molar-refractivity contribution in [3.63, 3.8) is 0 Å². The molecule has 4 atom stereocenters. The van der Waals surface area contributed by atoms with Gasteiger partial charge in [-0.2, -0.15) is 0 Å². The molecule has 33 heavy (non-hydrogen) atoms. The van der Waals surface area contributed by atoms with Crippen LogP contribution in [-0.4, -0.2) is 59.1 Å². The normalized spacial score (nSPS) is 22.2. The maximum atomic E-state index is 13.4. The van der Waals surface area contributed by atoms with Crippen molar-refractivity contribution in [2.75, 3.05) is 13.2 Å². The number of hydrogen-bond donors (Lipinski definition) is 2.